The number of rotatable bonds is 4. The van der Waals surface area contributed by atoms with Crippen LogP contribution in [0.1, 0.15) is 36.9 Å². The van der Waals surface area contributed by atoms with Gasteiger partial charge in [-0.3, -0.25) is 0 Å². The van der Waals surface area contributed by atoms with Crippen LogP contribution in [0.3, 0.4) is 0 Å². The third-order valence-corrected chi connectivity index (χ3v) is 4.10. The fraction of sp³-hybridized carbons (Fsp3) is 0.333. The SMILES string of the molecule is CCCNC1CCc2cc(-c3cc(F)ccc3F)ccc21. The standard InChI is InChI=1S/C18H19F2N/c1-2-9-21-18-8-4-12-10-13(3-6-15(12)18)16-11-14(19)5-7-17(16)20/h3,5-7,10-11,18,21H,2,4,8-9H2,1H3. The Bertz CT molecular complexity index is 652. The summed E-state index contributed by atoms with van der Waals surface area (Å²) in [6.07, 6.45) is 3.17. The molecule has 0 radical (unpaired) electrons. The molecule has 3 heteroatoms. The van der Waals surface area contributed by atoms with E-state index in [0.717, 1.165) is 37.4 Å². The van der Waals surface area contributed by atoms with Crippen molar-refractivity contribution in [3.63, 3.8) is 0 Å². The first-order chi connectivity index (χ1) is 10.2. The number of fused-ring (bicyclic) bond motifs is 1. The van der Waals surface area contributed by atoms with E-state index in [1.165, 1.54) is 23.3 Å². The second kappa shape index (κ2) is 5.94. The number of nitrogens with one attached hydrogen (secondary N) is 1. The number of halogens is 2. The molecule has 2 aromatic rings. The van der Waals surface area contributed by atoms with Gasteiger partial charge in [0.05, 0.1) is 0 Å². The maximum atomic E-state index is 13.9. The molecule has 110 valence electrons. The molecule has 0 spiro atoms. The van der Waals surface area contributed by atoms with Crippen molar-refractivity contribution in [1.82, 2.24) is 5.32 Å². The van der Waals surface area contributed by atoms with E-state index in [1.807, 2.05) is 12.1 Å². The van der Waals surface area contributed by atoms with Crippen LogP contribution in [0, 0.1) is 11.6 Å². The van der Waals surface area contributed by atoms with Gasteiger partial charge in [-0.1, -0.05) is 25.1 Å². The zero-order valence-corrected chi connectivity index (χ0v) is 12.1. The lowest BCUT2D eigenvalue weighted by atomic mass is 9.99. The van der Waals surface area contributed by atoms with Crippen LogP contribution in [-0.4, -0.2) is 6.54 Å². The fourth-order valence-corrected chi connectivity index (χ4v) is 3.03. The Morgan fingerprint density at radius 1 is 1.14 bits per heavy atom. The van der Waals surface area contributed by atoms with Gasteiger partial charge in [-0.2, -0.15) is 0 Å². The molecule has 0 saturated carbocycles. The Morgan fingerprint density at radius 2 is 2.00 bits per heavy atom. The first-order valence-electron chi connectivity index (χ1n) is 7.50. The second-order valence-electron chi connectivity index (χ2n) is 5.58. The van der Waals surface area contributed by atoms with E-state index >= 15 is 0 Å². The molecule has 2 aromatic carbocycles. The monoisotopic (exact) mass is 287 g/mol. The maximum absolute atomic E-state index is 13.9. The lowest BCUT2D eigenvalue weighted by Crippen LogP contribution is -2.19. The van der Waals surface area contributed by atoms with Crippen LogP contribution in [0.4, 0.5) is 8.78 Å². The van der Waals surface area contributed by atoms with Crippen LogP contribution >= 0.6 is 0 Å². The fourth-order valence-electron chi connectivity index (χ4n) is 3.03. The van der Waals surface area contributed by atoms with Crippen LogP contribution < -0.4 is 5.32 Å². The highest BCUT2D eigenvalue weighted by Gasteiger charge is 2.22. The third kappa shape index (κ3) is 2.84. The van der Waals surface area contributed by atoms with E-state index in [4.69, 9.17) is 0 Å². The molecule has 0 fully saturated rings. The summed E-state index contributed by atoms with van der Waals surface area (Å²) in [5, 5.41) is 3.53. The van der Waals surface area contributed by atoms with Crippen molar-refractivity contribution in [3.05, 3.63) is 59.2 Å². The zero-order chi connectivity index (χ0) is 14.8. The largest absolute Gasteiger partial charge is 0.310 e. The summed E-state index contributed by atoms with van der Waals surface area (Å²) in [4.78, 5) is 0. The Balaban J connectivity index is 1.92. The van der Waals surface area contributed by atoms with Crippen LogP contribution in [0.15, 0.2) is 36.4 Å². The normalized spacial score (nSPS) is 17.0. The Kier molecular flexibility index (Phi) is 4.02. The zero-order valence-electron chi connectivity index (χ0n) is 12.1. The van der Waals surface area contributed by atoms with Gasteiger partial charge in [-0.15, -0.1) is 0 Å². The first kappa shape index (κ1) is 14.2. The van der Waals surface area contributed by atoms with Gasteiger partial charge >= 0.3 is 0 Å². The summed E-state index contributed by atoms with van der Waals surface area (Å²) in [6, 6.07) is 9.93. The molecule has 1 nitrogen and oxygen atoms in total. The van der Waals surface area contributed by atoms with Crippen molar-refractivity contribution in [3.8, 4) is 11.1 Å². The number of aryl methyl sites for hydroxylation is 1. The number of benzene rings is 2. The summed E-state index contributed by atoms with van der Waals surface area (Å²) < 4.78 is 27.2. The van der Waals surface area contributed by atoms with Crippen molar-refractivity contribution >= 4 is 0 Å². The summed E-state index contributed by atoms with van der Waals surface area (Å²) in [7, 11) is 0. The average molecular weight is 287 g/mol. The first-order valence-corrected chi connectivity index (χ1v) is 7.50. The summed E-state index contributed by atoms with van der Waals surface area (Å²) in [5.41, 5.74) is 3.62. The molecule has 1 unspecified atom stereocenters. The third-order valence-electron chi connectivity index (χ3n) is 4.10. The smallest absolute Gasteiger partial charge is 0.131 e. The Labute approximate surface area is 124 Å². The Hall–Kier alpha value is -1.74. The molecule has 0 heterocycles. The molecule has 1 atom stereocenters. The quantitative estimate of drug-likeness (QED) is 0.865. The molecule has 0 saturated heterocycles. The van der Waals surface area contributed by atoms with Gasteiger partial charge in [0, 0.05) is 11.6 Å². The van der Waals surface area contributed by atoms with Crippen LogP contribution in [-0.2, 0) is 6.42 Å². The van der Waals surface area contributed by atoms with E-state index in [9.17, 15) is 8.78 Å². The molecule has 21 heavy (non-hydrogen) atoms. The molecule has 0 aliphatic heterocycles. The minimum absolute atomic E-state index is 0.336. The van der Waals surface area contributed by atoms with Gasteiger partial charge in [-0.05, 0) is 60.7 Å². The molecule has 0 amide bonds. The highest BCUT2D eigenvalue weighted by atomic mass is 19.1. The van der Waals surface area contributed by atoms with E-state index in [1.54, 1.807) is 0 Å². The molecular formula is C18H19F2N. The molecule has 0 aromatic heterocycles. The van der Waals surface area contributed by atoms with Gasteiger partial charge in [0.25, 0.3) is 0 Å². The van der Waals surface area contributed by atoms with Crippen LogP contribution in [0.5, 0.6) is 0 Å². The van der Waals surface area contributed by atoms with Crippen molar-refractivity contribution in [1.29, 1.82) is 0 Å². The second-order valence-corrected chi connectivity index (χ2v) is 5.58. The van der Waals surface area contributed by atoms with E-state index in [0.29, 0.717) is 11.6 Å². The molecule has 3 rings (SSSR count). The van der Waals surface area contributed by atoms with Gasteiger partial charge in [0.2, 0.25) is 0 Å². The number of hydrogen-bond donors (Lipinski definition) is 1. The highest BCUT2D eigenvalue weighted by molar-refractivity contribution is 5.66. The van der Waals surface area contributed by atoms with Gasteiger partial charge in [-0.25, -0.2) is 8.78 Å². The van der Waals surface area contributed by atoms with Crippen molar-refractivity contribution < 1.29 is 8.78 Å². The number of hydrogen-bond acceptors (Lipinski definition) is 1. The van der Waals surface area contributed by atoms with Gasteiger partial charge < -0.3 is 5.32 Å². The van der Waals surface area contributed by atoms with Crippen molar-refractivity contribution in [2.45, 2.75) is 32.2 Å². The molecular weight excluding hydrogens is 268 g/mol. The van der Waals surface area contributed by atoms with Gasteiger partial charge in [0.1, 0.15) is 11.6 Å². The van der Waals surface area contributed by atoms with Crippen molar-refractivity contribution in [2.24, 2.45) is 0 Å². The van der Waals surface area contributed by atoms with E-state index < -0.39 is 5.82 Å². The average Bonchev–Trinajstić information content (AvgIpc) is 2.90. The van der Waals surface area contributed by atoms with E-state index in [-0.39, 0.29) is 5.82 Å². The summed E-state index contributed by atoms with van der Waals surface area (Å²) >= 11 is 0. The summed E-state index contributed by atoms with van der Waals surface area (Å²) in [6.45, 7) is 3.16. The topological polar surface area (TPSA) is 12.0 Å². The lowest BCUT2D eigenvalue weighted by molar-refractivity contribution is 0.529. The maximum Gasteiger partial charge on any atom is 0.131 e. The minimum Gasteiger partial charge on any atom is -0.310 e. The predicted octanol–water partition coefficient (Wildman–Crippen LogP) is 4.62. The lowest BCUT2D eigenvalue weighted by Gasteiger charge is -2.14. The Morgan fingerprint density at radius 3 is 2.81 bits per heavy atom. The van der Waals surface area contributed by atoms with E-state index in [2.05, 4.69) is 18.3 Å². The van der Waals surface area contributed by atoms with Crippen molar-refractivity contribution in [2.75, 3.05) is 6.54 Å². The summed E-state index contributed by atoms with van der Waals surface area (Å²) in [5.74, 6) is -0.788. The highest BCUT2D eigenvalue weighted by Crippen LogP contribution is 2.35. The molecule has 1 aliphatic carbocycles. The minimum atomic E-state index is -0.408. The van der Waals surface area contributed by atoms with Gasteiger partial charge in [0.15, 0.2) is 0 Å². The molecule has 0 bridgehead atoms. The predicted molar refractivity (Wildman–Crippen MR) is 81.1 cm³/mol. The molecule has 1 N–H and O–H groups in total. The van der Waals surface area contributed by atoms with Crippen LogP contribution in [0.25, 0.3) is 11.1 Å². The van der Waals surface area contributed by atoms with Crippen LogP contribution in [0.2, 0.25) is 0 Å². The molecule has 1 aliphatic rings.